The quantitative estimate of drug-likeness (QED) is 0.556. The SMILES string of the molecule is CCC#CCC1C(=O)CCC1CC(=O)OCCC. The van der Waals surface area contributed by atoms with Crippen LogP contribution in [0.4, 0.5) is 0 Å². The Hall–Kier alpha value is -1.30. The average Bonchev–Trinajstić information content (AvgIpc) is 2.69. The summed E-state index contributed by atoms with van der Waals surface area (Å²) in [6, 6.07) is 0. The maximum absolute atomic E-state index is 11.8. The molecule has 2 unspecified atom stereocenters. The van der Waals surface area contributed by atoms with Crippen LogP contribution in [-0.2, 0) is 14.3 Å². The topological polar surface area (TPSA) is 43.4 Å². The summed E-state index contributed by atoms with van der Waals surface area (Å²) < 4.78 is 5.08. The van der Waals surface area contributed by atoms with Gasteiger partial charge in [0.15, 0.2) is 0 Å². The van der Waals surface area contributed by atoms with E-state index in [2.05, 4.69) is 11.8 Å². The minimum Gasteiger partial charge on any atom is -0.466 e. The van der Waals surface area contributed by atoms with Crippen LogP contribution in [0.3, 0.4) is 0 Å². The molecule has 0 radical (unpaired) electrons. The highest BCUT2D eigenvalue weighted by Gasteiger charge is 2.35. The highest BCUT2D eigenvalue weighted by molar-refractivity contribution is 5.84. The Kier molecular flexibility index (Phi) is 6.49. The second-order valence-electron chi connectivity index (χ2n) is 4.71. The van der Waals surface area contributed by atoms with Crippen LogP contribution in [-0.4, -0.2) is 18.4 Å². The van der Waals surface area contributed by atoms with Crippen molar-refractivity contribution >= 4 is 11.8 Å². The molecule has 0 aromatic rings. The Bertz CT molecular complexity index is 348. The van der Waals surface area contributed by atoms with Gasteiger partial charge in [0.2, 0.25) is 0 Å². The third-order valence-electron chi connectivity index (χ3n) is 3.26. The van der Waals surface area contributed by atoms with Crippen LogP contribution in [0.5, 0.6) is 0 Å². The normalized spacial score (nSPS) is 22.4. The zero-order valence-corrected chi connectivity index (χ0v) is 11.3. The fourth-order valence-corrected chi connectivity index (χ4v) is 2.30. The molecular weight excluding hydrogens is 228 g/mol. The lowest BCUT2D eigenvalue weighted by Gasteiger charge is -2.15. The Balaban J connectivity index is 2.47. The summed E-state index contributed by atoms with van der Waals surface area (Å²) in [6.45, 7) is 4.43. The van der Waals surface area contributed by atoms with E-state index in [9.17, 15) is 9.59 Å². The largest absolute Gasteiger partial charge is 0.466 e. The summed E-state index contributed by atoms with van der Waals surface area (Å²) in [5.74, 6) is 6.17. The molecule has 1 fully saturated rings. The van der Waals surface area contributed by atoms with Gasteiger partial charge in [-0.2, -0.15) is 0 Å². The number of carbonyl (C=O) groups excluding carboxylic acids is 2. The van der Waals surface area contributed by atoms with Crippen molar-refractivity contribution in [2.45, 2.75) is 52.4 Å². The molecule has 1 aliphatic rings. The van der Waals surface area contributed by atoms with Gasteiger partial charge < -0.3 is 4.74 Å². The van der Waals surface area contributed by atoms with Crippen LogP contribution < -0.4 is 0 Å². The van der Waals surface area contributed by atoms with Crippen LogP contribution in [0.15, 0.2) is 0 Å². The summed E-state index contributed by atoms with van der Waals surface area (Å²) in [5, 5.41) is 0. The van der Waals surface area contributed by atoms with E-state index in [4.69, 9.17) is 4.74 Å². The summed E-state index contributed by atoms with van der Waals surface area (Å²) in [6.07, 6.45) is 4.00. The van der Waals surface area contributed by atoms with Gasteiger partial charge in [-0.3, -0.25) is 9.59 Å². The predicted molar refractivity (Wildman–Crippen MR) is 69.8 cm³/mol. The maximum Gasteiger partial charge on any atom is 0.306 e. The van der Waals surface area contributed by atoms with Crippen LogP contribution in [0.2, 0.25) is 0 Å². The Morgan fingerprint density at radius 2 is 2.17 bits per heavy atom. The standard InChI is InChI=1S/C15H22O3/c1-3-5-6-7-13-12(8-9-14(13)16)11-15(17)18-10-4-2/h12-13H,3-4,7-11H2,1-2H3. The van der Waals surface area contributed by atoms with E-state index in [0.29, 0.717) is 25.9 Å². The van der Waals surface area contributed by atoms with E-state index in [1.807, 2.05) is 13.8 Å². The second kappa shape index (κ2) is 7.92. The molecule has 0 aromatic carbocycles. The minimum absolute atomic E-state index is 0.0572. The van der Waals surface area contributed by atoms with Gasteiger partial charge in [0.05, 0.1) is 6.61 Å². The first kappa shape index (κ1) is 14.8. The Labute approximate surface area is 109 Å². The summed E-state index contributed by atoms with van der Waals surface area (Å²) >= 11 is 0. The first-order chi connectivity index (χ1) is 8.69. The number of esters is 1. The lowest BCUT2D eigenvalue weighted by Crippen LogP contribution is -2.19. The number of rotatable bonds is 5. The van der Waals surface area contributed by atoms with Gasteiger partial charge in [-0.05, 0) is 18.8 Å². The van der Waals surface area contributed by atoms with Crippen LogP contribution in [0.1, 0.15) is 52.4 Å². The first-order valence-electron chi connectivity index (χ1n) is 6.83. The van der Waals surface area contributed by atoms with Crippen molar-refractivity contribution in [3.05, 3.63) is 0 Å². The van der Waals surface area contributed by atoms with E-state index in [1.54, 1.807) is 0 Å². The van der Waals surface area contributed by atoms with Gasteiger partial charge in [-0.15, -0.1) is 11.8 Å². The van der Waals surface area contributed by atoms with Gasteiger partial charge in [0.1, 0.15) is 5.78 Å². The number of ketones is 1. The van der Waals surface area contributed by atoms with E-state index < -0.39 is 0 Å². The first-order valence-corrected chi connectivity index (χ1v) is 6.83. The molecule has 0 amide bonds. The van der Waals surface area contributed by atoms with Gasteiger partial charge in [-0.1, -0.05) is 13.8 Å². The number of hydrogen-bond acceptors (Lipinski definition) is 3. The lowest BCUT2D eigenvalue weighted by atomic mass is 9.90. The highest BCUT2D eigenvalue weighted by Crippen LogP contribution is 2.33. The van der Waals surface area contributed by atoms with E-state index in [0.717, 1.165) is 19.3 Å². The van der Waals surface area contributed by atoms with Crippen molar-refractivity contribution in [3.8, 4) is 11.8 Å². The van der Waals surface area contributed by atoms with E-state index in [-0.39, 0.29) is 23.6 Å². The molecule has 3 nitrogen and oxygen atoms in total. The fraction of sp³-hybridized carbons (Fsp3) is 0.733. The second-order valence-corrected chi connectivity index (χ2v) is 4.71. The molecule has 1 aliphatic carbocycles. The molecule has 0 saturated heterocycles. The number of carbonyl (C=O) groups is 2. The monoisotopic (exact) mass is 250 g/mol. The van der Waals surface area contributed by atoms with Gasteiger partial charge >= 0.3 is 5.97 Å². The predicted octanol–water partition coefficient (Wildman–Crippen LogP) is 2.73. The summed E-state index contributed by atoms with van der Waals surface area (Å²) in [7, 11) is 0. The lowest BCUT2D eigenvalue weighted by molar-refractivity contribution is -0.145. The molecule has 0 bridgehead atoms. The number of Topliss-reactive ketones (excluding diaryl/α,β-unsaturated/α-hetero) is 1. The molecular formula is C15H22O3. The molecule has 100 valence electrons. The van der Waals surface area contributed by atoms with Crippen molar-refractivity contribution < 1.29 is 14.3 Å². The highest BCUT2D eigenvalue weighted by atomic mass is 16.5. The van der Waals surface area contributed by atoms with Gasteiger partial charge in [0, 0.05) is 31.6 Å². The molecule has 1 saturated carbocycles. The molecule has 0 spiro atoms. The van der Waals surface area contributed by atoms with E-state index in [1.165, 1.54) is 0 Å². The average molecular weight is 250 g/mol. The Morgan fingerprint density at radius 1 is 1.39 bits per heavy atom. The zero-order chi connectivity index (χ0) is 13.4. The summed E-state index contributed by atoms with van der Waals surface area (Å²) in [5.41, 5.74) is 0. The molecule has 1 rings (SSSR count). The van der Waals surface area contributed by atoms with Crippen LogP contribution in [0.25, 0.3) is 0 Å². The number of hydrogen-bond donors (Lipinski definition) is 0. The summed E-state index contributed by atoms with van der Waals surface area (Å²) in [4.78, 5) is 23.3. The van der Waals surface area contributed by atoms with Crippen molar-refractivity contribution in [2.75, 3.05) is 6.61 Å². The van der Waals surface area contributed by atoms with Crippen molar-refractivity contribution in [3.63, 3.8) is 0 Å². The third-order valence-corrected chi connectivity index (χ3v) is 3.26. The number of ether oxygens (including phenoxy) is 1. The molecule has 2 atom stereocenters. The van der Waals surface area contributed by atoms with Crippen molar-refractivity contribution in [1.29, 1.82) is 0 Å². The molecule has 0 heterocycles. The maximum atomic E-state index is 11.8. The molecule has 0 aliphatic heterocycles. The third kappa shape index (κ3) is 4.52. The van der Waals surface area contributed by atoms with Crippen molar-refractivity contribution in [2.24, 2.45) is 11.8 Å². The fourth-order valence-electron chi connectivity index (χ4n) is 2.30. The van der Waals surface area contributed by atoms with Crippen molar-refractivity contribution in [1.82, 2.24) is 0 Å². The minimum atomic E-state index is -0.176. The molecule has 18 heavy (non-hydrogen) atoms. The Morgan fingerprint density at radius 3 is 2.83 bits per heavy atom. The molecule has 0 N–H and O–H groups in total. The smallest absolute Gasteiger partial charge is 0.306 e. The van der Waals surface area contributed by atoms with E-state index >= 15 is 0 Å². The molecule has 3 heteroatoms. The van der Waals surface area contributed by atoms with Crippen LogP contribution >= 0.6 is 0 Å². The van der Waals surface area contributed by atoms with Gasteiger partial charge in [0.25, 0.3) is 0 Å². The van der Waals surface area contributed by atoms with Crippen LogP contribution in [0, 0.1) is 23.7 Å². The van der Waals surface area contributed by atoms with Gasteiger partial charge in [-0.25, -0.2) is 0 Å². The molecule has 0 aromatic heterocycles. The zero-order valence-electron chi connectivity index (χ0n) is 11.3.